The lowest BCUT2D eigenvalue weighted by atomic mass is 10.1. The molecule has 2 rings (SSSR count). The van der Waals surface area contributed by atoms with Gasteiger partial charge in [0.2, 0.25) is 0 Å². The number of nitrogens with one attached hydrogen (secondary N) is 1. The first-order valence-electron chi connectivity index (χ1n) is 6.65. The SMILES string of the molecule is C/C=C/CC(NC(=O)c1csc2cc(C)ccc12)C(=O)O. The number of allylic oxidation sites excluding steroid dienone is 1. The van der Waals surface area contributed by atoms with Crippen molar-refractivity contribution in [3.8, 4) is 0 Å². The van der Waals surface area contributed by atoms with Crippen LogP contribution in [-0.2, 0) is 4.79 Å². The van der Waals surface area contributed by atoms with Crippen molar-refractivity contribution >= 4 is 33.3 Å². The Morgan fingerprint density at radius 1 is 1.43 bits per heavy atom. The molecule has 2 N–H and O–H groups in total. The number of rotatable bonds is 5. The number of fused-ring (bicyclic) bond motifs is 1. The second-order valence-corrected chi connectivity index (χ2v) is 5.73. The van der Waals surface area contributed by atoms with Crippen LogP contribution >= 0.6 is 11.3 Å². The van der Waals surface area contributed by atoms with E-state index in [-0.39, 0.29) is 12.3 Å². The number of hydrogen-bond acceptors (Lipinski definition) is 3. The second-order valence-electron chi connectivity index (χ2n) is 4.82. The van der Waals surface area contributed by atoms with Crippen LogP contribution in [0.2, 0.25) is 0 Å². The van der Waals surface area contributed by atoms with Crippen molar-refractivity contribution in [2.24, 2.45) is 0 Å². The van der Waals surface area contributed by atoms with E-state index in [4.69, 9.17) is 5.11 Å². The molecule has 0 aliphatic carbocycles. The van der Waals surface area contributed by atoms with Gasteiger partial charge in [-0.2, -0.15) is 0 Å². The second kappa shape index (κ2) is 6.54. The van der Waals surface area contributed by atoms with Crippen molar-refractivity contribution in [3.63, 3.8) is 0 Å². The van der Waals surface area contributed by atoms with Crippen LogP contribution in [0, 0.1) is 6.92 Å². The zero-order valence-electron chi connectivity index (χ0n) is 11.9. The summed E-state index contributed by atoms with van der Waals surface area (Å²) in [5.41, 5.74) is 1.66. The normalized spacial score (nSPS) is 12.7. The van der Waals surface area contributed by atoms with Gasteiger partial charge in [0, 0.05) is 15.5 Å². The number of aliphatic carboxylic acids is 1. The summed E-state index contributed by atoms with van der Waals surface area (Å²) in [6.07, 6.45) is 3.78. The Hall–Kier alpha value is -2.14. The molecule has 0 fully saturated rings. The van der Waals surface area contributed by atoms with Crippen LogP contribution in [0.15, 0.2) is 35.7 Å². The predicted molar refractivity (Wildman–Crippen MR) is 84.9 cm³/mol. The quantitative estimate of drug-likeness (QED) is 0.832. The highest BCUT2D eigenvalue weighted by Gasteiger charge is 2.21. The molecule has 0 bridgehead atoms. The zero-order chi connectivity index (χ0) is 15.4. The molecule has 0 saturated heterocycles. The van der Waals surface area contributed by atoms with Gasteiger partial charge in [-0.1, -0.05) is 24.3 Å². The lowest BCUT2D eigenvalue weighted by Crippen LogP contribution is -2.40. The highest BCUT2D eigenvalue weighted by atomic mass is 32.1. The number of carboxylic acids is 1. The number of carbonyl (C=O) groups is 2. The van der Waals surface area contributed by atoms with E-state index in [1.165, 1.54) is 11.3 Å². The third-order valence-electron chi connectivity index (χ3n) is 3.19. The van der Waals surface area contributed by atoms with Gasteiger partial charge in [0.1, 0.15) is 6.04 Å². The minimum absolute atomic E-state index is 0.277. The summed E-state index contributed by atoms with van der Waals surface area (Å²) < 4.78 is 1.03. The molecule has 0 spiro atoms. The van der Waals surface area contributed by atoms with Crippen molar-refractivity contribution in [2.75, 3.05) is 0 Å². The molecular weight excluding hydrogens is 286 g/mol. The van der Waals surface area contributed by atoms with Crippen molar-refractivity contribution in [1.82, 2.24) is 5.32 Å². The first-order valence-corrected chi connectivity index (χ1v) is 7.53. The monoisotopic (exact) mass is 303 g/mol. The molecule has 0 saturated carbocycles. The maximum Gasteiger partial charge on any atom is 0.326 e. The molecule has 4 nitrogen and oxygen atoms in total. The molecular formula is C16H17NO3S. The van der Waals surface area contributed by atoms with Gasteiger partial charge in [0.15, 0.2) is 0 Å². The smallest absolute Gasteiger partial charge is 0.326 e. The largest absolute Gasteiger partial charge is 0.480 e. The highest BCUT2D eigenvalue weighted by Crippen LogP contribution is 2.27. The summed E-state index contributed by atoms with van der Waals surface area (Å²) in [4.78, 5) is 23.5. The van der Waals surface area contributed by atoms with Crippen LogP contribution in [0.3, 0.4) is 0 Å². The summed E-state index contributed by atoms with van der Waals surface area (Å²) in [6, 6.07) is 4.96. The molecule has 2 aromatic rings. The standard InChI is InChI=1S/C16H17NO3S/c1-3-4-5-13(16(19)20)17-15(18)12-9-21-14-8-10(2)6-7-11(12)14/h3-4,6-9,13H,5H2,1-2H3,(H,17,18)(H,19,20)/b4-3+. The molecule has 1 aromatic carbocycles. The summed E-state index contributed by atoms with van der Waals surface area (Å²) in [5.74, 6) is -1.38. The van der Waals surface area contributed by atoms with E-state index >= 15 is 0 Å². The number of carboxylic acid groups (broad SMARTS) is 1. The van der Waals surface area contributed by atoms with Crippen molar-refractivity contribution < 1.29 is 14.7 Å². The van der Waals surface area contributed by atoms with E-state index in [1.807, 2.05) is 32.0 Å². The van der Waals surface area contributed by atoms with E-state index in [9.17, 15) is 9.59 Å². The third-order valence-corrected chi connectivity index (χ3v) is 4.13. The Labute approximate surface area is 127 Å². The zero-order valence-corrected chi connectivity index (χ0v) is 12.7. The molecule has 5 heteroatoms. The Balaban J connectivity index is 2.23. The van der Waals surface area contributed by atoms with Crippen LogP contribution in [0.25, 0.3) is 10.1 Å². The van der Waals surface area contributed by atoms with Gasteiger partial charge >= 0.3 is 5.97 Å². The van der Waals surface area contributed by atoms with E-state index in [0.29, 0.717) is 5.56 Å². The van der Waals surface area contributed by atoms with Gasteiger partial charge in [0.05, 0.1) is 5.56 Å². The van der Waals surface area contributed by atoms with Gasteiger partial charge in [-0.15, -0.1) is 11.3 Å². The van der Waals surface area contributed by atoms with Crippen LogP contribution in [0.5, 0.6) is 0 Å². The molecule has 1 aromatic heterocycles. The molecule has 1 atom stereocenters. The van der Waals surface area contributed by atoms with E-state index in [0.717, 1.165) is 15.6 Å². The predicted octanol–water partition coefficient (Wildman–Crippen LogP) is 3.36. The fraction of sp³-hybridized carbons (Fsp3) is 0.250. The van der Waals surface area contributed by atoms with Crippen molar-refractivity contribution in [1.29, 1.82) is 0 Å². The summed E-state index contributed by atoms with van der Waals surface area (Å²) in [6.45, 7) is 3.81. The van der Waals surface area contributed by atoms with Crippen LogP contribution in [0.4, 0.5) is 0 Å². The molecule has 0 aliphatic rings. The fourth-order valence-electron chi connectivity index (χ4n) is 2.04. The first-order chi connectivity index (χ1) is 10.0. The molecule has 0 aliphatic heterocycles. The number of thiophene rings is 1. The Morgan fingerprint density at radius 3 is 2.86 bits per heavy atom. The number of benzene rings is 1. The van der Waals surface area contributed by atoms with Gasteiger partial charge in [0.25, 0.3) is 5.91 Å². The van der Waals surface area contributed by atoms with Gasteiger partial charge in [-0.05, 0) is 31.9 Å². The lowest BCUT2D eigenvalue weighted by molar-refractivity contribution is -0.139. The molecule has 110 valence electrons. The average Bonchev–Trinajstić information content (AvgIpc) is 2.85. The number of aryl methyl sites for hydroxylation is 1. The summed E-state index contributed by atoms with van der Waals surface area (Å²) >= 11 is 1.49. The lowest BCUT2D eigenvalue weighted by Gasteiger charge is -2.12. The number of amides is 1. The molecule has 1 unspecified atom stereocenters. The van der Waals surface area contributed by atoms with Gasteiger partial charge in [-0.3, -0.25) is 4.79 Å². The van der Waals surface area contributed by atoms with Crippen LogP contribution < -0.4 is 5.32 Å². The third kappa shape index (κ3) is 3.49. The average molecular weight is 303 g/mol. The summed E-state index contributed by atoms with van der Waals surface area (Å²) in [7, 11) is 0. The van der Waals surface area contributed by atoms with Crippen molar-refractivity contribution in [2.45, 2.75) is 26.3 Å². The van der Waals surface area contributed by atoms with Crippen molar-refractivity contribution in [3.05, 3.63) is 46.9 Å². The molecule has 1 amide bonds. The highest BCUT2D eigenvalue weighted by molar-refractivity contribution is 7.17. The maximum atomic E-state index is 12.3. The van der Waals surface area contributed by atoms with E-state index in [2.05, 4.69) is 5.32 Å². The van der Waals surface area contributed by atoms with Crippen LogP contribution in [0.1, 0.15) is 29.3 Å². The molecule has 1 heterocycles. The van der Waals surface area contributed by atoms with Gasteiger partial charge < -0.3 is 10.4 Å². The molecule has 0 radical (unpaired) electrons. The van der Waals surface area contributed by atoms with Crippen LogP contribution in [-0.4, -0.2) is 23.0 Å². The van der Waals surface area contributed by atoms with E-state index in [1.54, 1.807) is 17.5 Å². The van der Waals surface area contributed by atoms with Gasteiger partial charge in [-0.25, -0.2) is 4.79 Å². The topological polar surface area (TPSA) is 66.4 Å². The number of carbonyl (C=O) groups excluding carboxylic acids is 1. The number of hydrogen-bond donors (Lipinski definition) is 2. The van der Waals surface area contributed by atoms with E-state index < -0.39 is 12.0 Å². The first kappa shape index (κ1) is 15.3. The Morgan fingerprint density at radius 2 is 2.19 bits per heavy atom. The minimum atomic E-state index is -1.03. The Kier molecular flexibility index (Phi) is 4.75. The molecule has 21 heavy (non-hydrogen) atoms. The maximum absolute atomic E-state index is 12.3. The minimum Gasteiger partial charge on any atom is -0.480 e. The fourth-order valence-corrected chi connectivity index (χ4v) is 3.08. The Bertz CT molecular complexity index is 703. The summed E-state index contributed by atoms with van der Waals surface area (Å²) in [5, 5.41) is 14.4.